The van der Waals surface area contributed by atoms with Gasteiger partial charge < -0.3 is 10.6 Å². The lowest BCUT2D eigenvalue weighted by atomic mass is 10.2. The van der Waals surface area contributed by atoms with Crippen molar-refractivity contribution in [1.82, 2.24) is 15.1 Å². The first-order valence-electron chi connectivity index (χ1n) is 6.44. The number of benzene rings is 1. The zero-order chi connectivity index (χ0) is 14.4. The van der Waals surface area contributed by atoms with Crippen molar-refractivity contribution in [3.63, 3.8) is 0 Å². The number of halogens is 1. The van der Waals surface area contributed by atoms with Crippen molar-refractivity contribution in [2.75, 3.05) is 11.9 Å². The molecule has 106 valence electrons. The summed E-state index contributed by atoms with van der Waals surface area (Å²) in [5, 5.41) is 10.3. The Morgan fingerprint density at radius 3 is 3.00 bits per heavy atom. The maximum absolute atomic E-state index is 11.7. The van der Waals surface area contributed by atoms with Crippen LogP contribution in [-0.4, -0.2) is 22.4 Å². The van der Waals surface area contributed by atoms with Gasteiger partial charge in [-0.1, -0.05) is 17.7 Å². The summed E-state index contributed by atoms with van der Waals surface area (Å²) >= 11 is 6.00. The van der Waals surface area contributed by atoms with Gasteiger partial charge in [-0.05, 0) is 37.1 Å². The number of rotatable bonds is 5. The Bertz CT molecular complexity index is 569. The van der Waals surface area contributed by atoms with Gasteiger partial charge in [-0.2, -0.15) is 5.10 Å². The van der Waals surface area contributed by atoms with Gasteiger partial charge in [0.25, 0.3) is 0 Å². The van der Waals surface area contributed by atoms with Crippen LogP contribution in [0, 0.1) is 6.92 Å². The van der Waals surface area contributed by atoms with Crippen LogP contribution in [0.15, 0.2) is 36.7 Å². The Morgan fingerprint density at radius 1 is 1.40 bits per heavy atom. The molecule has 5 nitrogen and oxygen atoms in total. The highest BCUT2D eigenvalue weighted by Crippen LogP contribution is 2.22. The first-order valence-corrected chi connectivity index (χ1v) is 6.82. The molecule has 2 rings (SSSR count). The minimum atomic E-state index is -0.226. The highest BCUT2D eigenvalue weighted by molar-refractivity contribution is 6.31. The van der Waals surface area contributed by atoms with Crippen LogP contribution in [0.4, 0.5) is 10.5 Å². The molecular formula is C14H17ClN4O. The van der Waals surface area contributed by atoms with Gasteiger partial charge in [0.2, 0.25) is 0 Å². The summed E-state index contributed by atoms with van der Waals surface area (Å²) in [7, 11) is 0. The quantitative estimate of drug-likeness (QED) is 0.832. The van der Waals surface area contributed by atoms with E-state index in [9.17, 15) is 4.79 Å². The van der Waals surface area contributed by atoms with E-state index < -0.39 is 0 Å². The molecule has 0 spiro atoms. The minimum absolute atomic E-state index is 0.226. The van der Waals surface area contributed by atoms with Crippen LogP contribution >= 0.6 is 11.6 Å². The van der Waals surface area contributed by atoms with Gasteiger partial charge in [0.1, 0.15) is 0 Å². The molecule has 0 aliphatic heterocycles. The number of hydrogen-bond donors (Lipinski definition) is 2. The van der Waals surface area contributed by atoms with E-state index in [1.807, 2.05) is 36.0 Å². The van der Waals surface area contributed by atoms with E-state index in [0.717, 1.165) is 24.2 Å². The zero-order valence-corrected chi connectivity index (χ0v) is 12.0. The van der Waals surface area contributed by atoms with E-state index in [-0.39, 0.29) is 6.03 Å². The summed E-state index contributed by atoms with van der Waals surface area (Å²) in [5.74, 6) is 0. The fraction of sp³-hybridized carbons (Fsp3) is 0.286. The SMILES string of the molecule is Cc1c(Cl)cccc1NC(=O)NCCCn1cccn1. The smallest absolute Gasteiger partial charge is 0.319 e. The van der Waals surface area contributed by atoms with Crippen LogP contribution in [0.5, 0.6) is 0 Å². The van der Waals surface area contributed by atoms with E-state index in [2.05, 4.69) is 15.7 Å². The number of carbonyl (C=O) groups excluding carboxylic acids is 1. The first kappa shape index (κ1) is 14.4. The fourth-order valence-corrected chi connectivity index (χ4v) is 1.96. The molecule has 2 aromatic rings. The van der Waals surface area contributed by atoms with Crippen LogP contribution < -0.4 is 10.6 Å². The number of amides is 2. The van der Waals surface area contributed by atoms with Crippen molar-refractivity contribution in [2.24, 2.45) is 0 Å². The zero-order valence-electron chi connectivity index (χ0n) is 11.3. The number of aryl methyl sites for hydroxylation is 1. The molecule has 0 atom stereocenters. The highest BCUT2D eigenvalue weighted by Gasteiger charge is 2.05. The van der Waals surface area contributed by atoms with E-state index in [4.69, 9.17) is 11.6 Å². The third-order valence-corrected chi connectivity index (χ3v) is 3.33. The first-order chi connectivity index (χ1) is 9.66. The van der Waals surface area contributed by atoms with Crippen molar-refractivity contribution in [2.45, 2.75) is 19.9 Å². The van der Waals surface area contributed by atoms with Gasteiger partial charge in [0.15, 0.2) is 0 Å². The molecule has 2 amide bonds. The summed E-state index contributed by atoms with van der Waals surface area (Å²) in [4.78, 5) is 11.7. The lowest BCUT2D eigenvalue weighted by Gasteiger charge is -2.10. The third kappa shape index (κ3) is 3.99. The van der Waals surface area contributed by atoms with Gasteiger partial charge in [-0.25, -0.2) is 4.79 Å². The summed E-state index contributed by atoms with van der Waals surface area (Å²) < 4.78 is 1.83. The van der Waals surface area contributed by atoms with Crippen LogP contribution in [0.2, 0.25) is 5.02 Å². The number of anilines is 1. The number of nitrogens with one attached hydrogen (secondary N) is 2. The number of hydrogen-bond acceptors (Lipinski definition) is 2. The summed E-state index contributed by atoms with van der Waals surface area (Å²) in [5.41, 5.74) is 1.59. The van der Waals surface area contributed by atoms with Gasteiger partial charge in [-0.3, -0.25) is 4.68 Å². The molecule has 0 aliphatic carbocycles. The van der Waals surface area contributed by atoms with E-state index >= 15 is 0 Å². The molecule has 0 bridgehead atoms. The molecule has 0 saturated heterocycles. The van der Waals surface area contributed by atoms with Crippen LogP contribution in [-0.2, 0) is 6.54 Å². The van der Waals surface area contributed by atoms with Crippen molar-refractivity contribution < 1.29 is 4.79 Å². The molecule has 1 aromatic heterocycles. The number of carbonyl (C=O) groups is 1. The predicted molar refractivity (Wildman–Crippen MR) is 80.1 cm³/mol. The molecule has 0 saturated carbocycles. The molecule has 0 unspecified atom stereocenters. The topological polar surface area (TPSA) is 59.0 Å². The molecule has 6 heteroatoms. The molecular weight excluding hydrogens is 276 g/mol. The predicted octanol–water partition coefficient (Wildman–Crippen LogP) is 3.06. The second kappa shape index (κ2) is 6.96. The summed E-state index contributed by atoms with van der Waals surface area (Å²) in [6.07, 6.45) is 4.46. The molecule has 2 N–H and O–H groups in total. The Kier molecular flexibility index (Phi) is 5.01. The fourth-order valence-electron chi connectivity index (χ4n) is 1.79. The summed E-state index contributed by atoms with van der Waals surface area (Å²) in [6.45, 7) is 3.24. The molecule has 1 heterocycles. The Morgan fingerprint density at radius 2 is 2.25 bits per heavy atom. The normalized spacial score (nSPS) is 10.3. The average molecular weight is 293 g/mol. The van der Waals surface area contributed by atoms with Gasteiger partial charge >= 0.3 is 6.03 Å². The van der Waals surface area contributed by atoms with Gasteiger partial charge in [0.05, 0.1) is 0 Å². The lowest BCUT2D eigenvalue weighted by molar-refractivity contribution is 0.251. The minimum Gasteiger partial charge on any atom is -0.338 e. The van der Waals surface area contributed by atoms with Crippen LogP contribution in [0.1, 0.15) is 12.0 Å². The van der Waals surface area contributed by atoms with E-state index in [1.54, 1.807) is 12.3 Å². The lowest BCUT2D eigenvalue weighted by Crippen LogP contribution is -2.30. The van der Waals surface area contributed by atoms with Crippen molar-refractivity contribution >= 4 is 23.3 Å². The Balaban J connectivity index is 1.74. The molecule has 1 aromatic carbocycles. The third-order valence-electron chi connectivity index (χ3n) is 2.92. The number of aromatic nitrogens is 2. The average Bonchev–Trinajstić information content (AvgIpc) is 2.93. The van der Waals surface area contributed by atoms with Gasteiger partial charge in [-0.15, -0.1) is 0 Å². The Labute approximate surface area is 122 Å². The maximum atomic E-state index is 11.7. The largest absolute Gasteiger partial charge is 0.338 e. The van der Waals surface area contributed by atoms with E-state index in [1.165, 1.54) is 0 Å². The van der Waals surface area contributed by atoms with Gasteiger partial charge in [0, 0.05) is 36.2 Å². The summed E-state index contributed by atoms with van der Waals surface area (Å²) in [6, 6.07) is 7.08. The molecule has 0 fully saturated rings. The molecule has 0 radical (unpaired) electrons. The Hall–Kier alpha value is -2.01. The second-order valence-electron chi connectivity index (χ2n) is 4.42. The molecule has 0 aliphatic rings. The highest BCUT2D eigenvalue weighted by atomic mass is 35.5. The monoisotopic (exact) mass is 292 g/mol. The standard InChI is InChI=1S/C14H17ClN4O/c1-11-12(15)5-2-6-13(11)18-14(20)16-7-3-9-19-10-4-8-17-19/h2,4-6,8,10H,3,7,9H2,1H3,(H2,16,18,20). The number of urea groups is 1. The molecule has 20 heavy (non-hydrogen) atoms. The van der Waals surface area contributed by atoms with Crippen molar-refractivity contribution in [1.29, 1.82) is 0 Å². The van der Waals surface area contributed by atoms with Crippen molar-refractivity contribution in [3.05, 3.63) is 47.2 Å². The van der Waals surface area contributed by atoms with Crippen LogP contribution in [0.25, 0.3) is 0 Å². The number of nitrogens with zero attached hydrogens (tertiary/aromatic N) is 2. The van der Waals surface area contributed by atoms with Crippen LogP contribution in [0.3, 0.4) is 0 Å². The van der Waals surface area contributed by atoms with E-state index in [0.29, 0.717) is 11.6 Å². The second-order valence-corrected chi connectivity index (χ2v) is 4.82. The van der Waals surface area contributed by atoms with Crippen molar-refractivity contribution in [3.8, 4) is 0 Å². The maximum Gasteiger partial charge on any atom is 0.319 e.